The first kappa shape index (κ1) is 14.1. The van der Waals surface area contributed by atoms with Crippen LogP contribution in [0.5, 0.6) is 0 Å². The molecule has 3 rings (SSSR count). The molecule has 0 radical (unpaired) electrons. The van der Waals surface area contributed by atoms with Gasteiger partial charge in [0.25, 0.3) is 0 Å². The monoisotopic (exact) mass is 287 g/mol. The van der Waals surface area contributed by atoms with Crippen LogP contribution in [0.3, 0.4) is 0 Å². The second-order valence-electron chi connectivity index (χ2n) is 6.20. The SMILES string of the molecule is CC(c1ccc2c(c1)CCCC2)N1CC(C(=O)O)CC1=O. The van der Waals surface area contributed by atoms with E-state index in [1.165, 1.54) is 24.0 Å². The van der Waals surface area contributed by atoms with Gasteiger partial charge in [-0.25, -0.2) is 0 Å². The van der Waals surface area contributed by atoms with E-state index in [1.807, 2.05) is 6.92 Å². The van der Waals surface area contributed by atoms with Crippen LogP contribution in [0.1, 0.15) is 48.9 Å². The van der Waals surface area contributed by atoms with Crippen LogP contribution in [0.25, 0.3) is 0 Å². The summed E-state index contributed by atoms with van der Waals surface area (Å²) in [5, 5.41) is 9.08. The van der Waals surface area contributed by atoms with Crippen molar-refractivity contribution in [3.63, 3.8) is 0 Å². The van der Waals surface area contributed by atoms with E-state index in [0.29, 0.717) is 6.54 Å². The summed E-state index contributed by atoms with van der Waals surface area (Å²) in [6.07, 6.45) is 4.88. The third-order valence-electron chi connectivity index (χ3n) is 4.83. The average molecular weight is 287 g/mol. The summed E-state index contributed by atoms with van der Waals surface area (Å²) < 4.78 is 0. The fraction of sp³-hybridized carbons (Fsp3) is 0.529. The highest BCUT2D eigenvalue weighted by Crippen LogP contribution is 2.31. The summed E-state index contributed by atoms with van der Waals surface area (Å²) in [5.74, 6) is -1.48. The van der Waals surface area contributed by atoms with Crippen LogP contribution in [0, 0.1) is 5.92 Å². The van der Waals surface area contributed by atoms with Crippen LogP contribution in [0.2, 0.25) is 0 Å². The Hall–Kier alpha value is -1.84. The fourth-order valence-corrected chi connectivity index (χ4v) is 3.46. The normalized spacial score (nSPS) is 23.0. The van der Waals surface area contributed by atoms with Gasteiger partial charge < -0.3 is 10.0 Å². The summed E-state index contributed by atoms with van der Waals surface area (Å²) in [7, 11) is 0. The molecule has 1 N–H and O–H groups in total. The lowest BCUT2D eigenvalue weighted by atomic mass is 9.89. The number of hydrogen-bond acceptors (Lipinski definition) is 2. The number of hydrogen-bond donors (Lipinski definition) is 1. The lowest BCUT2D eigenvalue weighted by Gasteiger charge is -2.26. The maximum absolute atomic E-state index is 12.1. The van der Waals surface area contributed by atoms with E-state index in [4.69, 9.17) is 5.11 Å². The van der Waals surface area contributed by atoms with Crippen molar-refractivity contribution in [2.24, 2.45) is 5.92 Å². The molecule has 4 nitrogen and oxygen atoms in total. The highest BCUT2D eigenvalue weighted by atomic mass is 16.4. The molecule has 4 heteroatoms. The number of carboxylic acids is 1. The zero-order valence-corrected chi connectivity index (χ0v) is 12.3. The molecule has 1 aromatic carbocycles. The Morgan fingerprint density at radius 3 is 2.67 bits per heavy atom. The first-order chi connectivity index (χ1) is 10.1. The van der Waals surface area contributed by atoms with Gasteiger partial charge in [0.2, 0.25) is 5.91 Å². The molecule has 0 aromatic heterocycles. The minimum atomic E-state index is -0.872. The molecule has 1 fully saturated rings. The van der Waals surface area contributed by atoms with Crippen molar-refractivity contribution in [3.8, 4) is 0 Å². The predicted molar refractivity (Wildman–Crippen MR) is 79.0 cm³/mol. The number of nitrogens with zero attached hydrogens (tertiary/aromatic N) is 1. The van der Waals surface area contributed by atoms with Crippen molar-refractivity contribution in [2.45, 2.75) is 45.1 Å². The second-order valence-corrected chi connectivity index (χ2v) is 6.20. The molecule has 0 saturated carbocycles. The smallest absolute Gasteiger partial charge is 0.308 e. The molecule has 2 unspecified atom stereocenters. The molecule has 0 spiro atoms. The Labute approximate surface area is 124 Å². The maximum Gasteiger partial charge on any atom is 0.308 e. The first-order valence-corrected chi connectivity index (χ1v) is 7.70. The van der Waals surface area contributed by atoms with Gasteiger partial charge in [0.15, 0.2) is 0 Å². The van der Waals surface area contributed by atoms with Crippen molar-refractivity contribution in [1.29, 1.82) is 0 Å². The average Bonchev–Trinajstić information content (AvgIpc) is 2.88. The topological polar surface area (TPSA) is 57.6 Å². The van der Waals surface area contributed by atoms with Crippen LogP contribution in [-0.4, -0.2) is 28.4 Å². The zero-order valence-electron chi connectivity index (χ0n) is 12.3. The predicted octanol–water partition coefficient (Wildman–Crippen LogP) is 2.56. The molecule has 2 atom stereocenters. The summed E-state index contributed by atoms with van der Waals surface area (Å²) in [4.78, 5) is 24.8. The van der Waals surface area contributed by atoms with Crippen LogP contribution in [0.15, 0.2) is 18.2 Å². The Bertz CT molecular complexity index is 581. The first-order valence-electron chi connectivity index (χ1n) is 7.70. The van der Waals surface area contributed by atoms with Crippen LogP contribution in [-0.2, 0) is 22.4 Å². The Morgan fingerprint density at radius 2 is 2.00 bits per heavy atom. The van der Waals surface area contributed by atoms with Gasteiger partial charge in [0.05, 0.1) is 12.0 Å². The van der Waals surface area contributed by atoms with Gasteiger partial charge in [-0.1, -0.05) is 18.2 Å². The second kappa shape index (κ2) is 5.51. The minimum absolute atomic E-state index is 0.0472. The molecule has 1 saturated heterocycles. The molecule has 1 amide bonds. The number of likely N-dealkylation sites (tertiary alicyclic amines) is 1. The number of aryl methyl sites for hydroxylation is 2. The largest absolute Gasteiger partial charge is 0.481 e. The van der Waals surface area contributed by atoms with E-state index in [2.05, 4.69) is 18.2 Å². The third kappa shape index (κ3) is 2.67. The summed E-state index contributed by atoms with van der Waals surface area (Å²) in [5.41, 5.74) is 3.94. The minimum Gasteiger partial charge on any atom is -0.481 e. The highest BCUT2D eigenvalue weighted by Gasteiger charge is 2.37. The maximum atomic E-state index is 12.1. The van der Waals surface area contributed by atoms with Crippen LogP contribution >= 0.6 is 0 Å². The van der Waals surface area contributed by atoms with Crippen molar-refractivity contribution in [1.82, 2.24) is 4.90 Å². The number of benzene rings is 1. The van der Waals surface area contributed by atoms with Gasteiger partial charge in [-0.05, 0) is 49.3 Å². The number of carbonyl (C=O) groups is 2. The molecule has 2 aliphatic rings. The third-order valence-corrected chi connectivity index (χ3v) is 4.83. The Kier molecular flexibility index (Phi) is 3.70. The number of amides is 1. The van der Waals surface area contributed by atoms with Gasteiger partial charge in [0.1, 0.15) is 0 Å². The van der Waals surface area contributed by atoms with Crippen molar-refractivity contribution >= 4 is 11.9 Å². The fourth-order valence-electron chi connectivity index (χ4n) is 3.46. The van der Waals surface area contributed by atoms with Gasteiger partial charge in [-0.2, -0.15) is 0 Å². The molecular weight excluding hydrogens is 266 g/mol. The molecule has 21 heavy (non-hydrogen) atoms. The number of rotatable bonds is 3. The summed E-state index contributed by atoms with van der Waals surface area (Å²) >= 11 is 0. The van der Waals surface area contributed by atoms with E-state index in [0.717, 1.165) is 18.4 Å². The number of carbonyl (C=O) groups excluding carboxylic acids is 1. The van der Waals surface area contributed by atoms with Crippen LogP contribution < -0.4 is 0 Å². The molecule has 1 aliphatic carbocycles. The molecule has 1 heterocycles. The van der Waals surface area contributed by atoms with E-state index in [1.54, 1.807) is 4.90 Å². The molecule has 112 valence electrons. The molecule has 1 aromatic rings. The number of aliphatic carboxylic acids is 1. The lowest BCUT2D eigenvalue weighted by Crippen LogP contribution is -2.29. The highest BCUT2D eigenvalue weighted by molar-refractivity contribution is 5.86. The van der Waals surface area contributed by atoms with E-state index < -0.39 is 11.9 Å². The standard InChI is InChI=1S/C17H21NO3/c1-11(18-10-15(17(20)21)9-16(18)19)13-7-6-12-4-2-3-5-14(12)8-13/h6-8,11,15H,2-5,9-10H2,1H3,(H,20,21). The Morgan fingerprint density at radius 1 is 1.29 bits per heavy atom. The van der Waals surface area contributed by atoms with Crippen molar-refractivity contribution < 1.29 is 14.7 Å². The van der Waals surface area contributed by atoms with E-state index in [-0.39, 0.29) is 18.4 Å². The van der Waals surface area contributed by atoms with Crippen molar-refractivity contribution in [2.75, 3.05) is 6.54 Å². The molecule has 0 bridgehead atoms. The Balaban J connectivity index is 1.80. The quantitative estimate of drug-likeness (QED) is 0.929. The van der Waals surface area contributed by atoms with Gasteiger partial charge >= 0.3 is 5.97 Å². The number of carboxylic acid groups (broad SMARTS) is 1. The summed E-state index contributed by atoms with van der Waals surface area (Å²) in [6, 6.07) is 6.43. The lowest BCUT2D eigenvalue weighted by molar-refractivity contribution is -0.141. The summed E-state index contributed by atoms with van der Waals surface area (Å²) in [6.45, 7) is 2.32. The van der Waals surface area contributed by atoms with E-state index in [9.17, 15) is 9.59 Å². The molecule has 1 aliphatic heterocycles. The van der Waals surface area contributed by atoms with Crippen LogP contribution in [0.4, 0.5) is 0 Å². The van der Waals surface area contributed by atoms with E-state index >= 15 is 0 Å². The number of fused-ring (bicyclic) bond motifs is 1. The molecular formula is C17H21NO3. The zero-order chi connectivity index (χ0) is 15.0. The van der Waals surface area contributed by atoms with Gasteiger partial charge in [-0.3, -0.25) is 9.59 Å². The van der Waals surface area contributed by atoms with Gasteiger partial charge in [0, 0.05) is 13.0 Å². The van der Waals surface area contributed by atoms with Gasteiger partial charge in [-0.15, -0.1) is 0 Å². The van der Waals surface area contributed by atoms with Crippen molar-refractivity contribution in [3.05, 3.63) is 34.9 Å².